The Balaban J connectivity index is 1.83. The molecule has 0 fully saturated rings. The van der Waals surface area contributed by atoms with Crippen molar-refractivity contribution in [1.82, 2.24) is 4.90 Å². The Morgan fingerprint density at radius 2 is 1.84 bits per heavy atom. The van der Waals surface area contributed by atoms with E-state index in [-0.39, 0.29) is 17.1 Å². The molecule has 0 radical (unpaired) electrons. The molecule has 0 saturated heterocycles. The van der Waals surface area contributed by atoms with Crippen LogP contribution in [0.5, 0.6) is 5.75 Å². The first-order chi connectivity index (χ1) is 15.5. The van der Waals surface area contributed by atoms with Gasteiger partial charge in [-0.2, -0.15) is 0 Å². The van der Waals surface area contributed by atoms with E-state index in [4.69, 9.17) is 9.15 Å². The highest BCUT2D eigenvalue weighted by Crippen LogP contribution is 2.39. The molecule has 32 heavy (non-hydrogen) atoms. The molecule has 1 aliphatic heterocycles. The van der Waals surface area contributed by atoms with Crippen molar-refractivity contribution in [2.24, 2.45) is 0 Å². The first kappa shape index (κ1) is 22.1. The van der Waals surface area contributed by atoms with E-state index in [9.17, 15) is 9.59 Å². The van der Waals surface area contributed by atoms with E-state index in [1.54, 1.807) is 4.90 Å². The lowest BCUT2D eigenvalue weighted by Gasteiger charge is -2.25. The van der Waals surface area contributed by atoms with Crippen LogP contribution in [0.2, 0.25) is 0 Å². The Kier molecular flexibility index (Phi) is 6.35. The van der Waals surface area contributed by atoms with Gasteiger partial charge in [0.25, 0.3) is 5.91 Å². The summed E-state index contributed by atoms with van der Waals surface area (Å²) in [5.41, 5.74) is 3.53. The molecule has 1 aliphatic rings. The smallest absolute Gasteiger partial charge is 0.290 e. The van der Waals surface area contributed by atoms with Crippen LogP contribution < -0.4 is 10.2 Å². The fourth-order valence-corrected chi connectivity index (χ4v) is 4.65. The predicted octanol–water partition coefficient (Wildman–Crippen LogP) is 5.93. The molecule has 3 aromatic rings. The summed E-state index contributed by atoms with van der Waals surface area (Å²) < 4.78 is 12.0. The van der Waals surface area contributed by atoms with Crippen LogP contribution in [0.3, 0.4) is 0 Å². The molecule has 2 heterocycles. The van der Waals surface area contributed by atoms with Crippen molar-refractivity contribution >= 4 is 16.9 Å². The number of ether oxygens (including phenoxy) is 1. The van der Waals surface area contributed by atoms with Crippen LogP contribution in [0, 0.1) is 13.8 Å². The van der Waals surface area contributed by atoms with Gasteiger partial charge in [-0.15, -0.1) is 0 Å². The molecule has 0 saturated carbocycles. The molecule has 0 aliphatic carbocycles. The maximum Gasteiger partial charge on any atom is 0.290 e. The van der Waals surface area contributed by atoms with Crippen LogP contribution in [0.15, 0.2) is 45.6 Å². The third-order valence-electron chi connectivity index (χ3n) is 6.07. The van der Waals surface area contributed by atoms with Crippen molar-refractivity contribution in [3.8, 4) is 5.75 Å². The lowest BCUT2D eigenvalue weighted by atomic mass is 9.96. The van der Waals surface area contributed by atoms with E-state index in [1.165, 1.54) is 0 Å². The third-order valence-corrected chi connectivity index (χ3v) is 6.07. The van der Waals surface area contributed by atoms with Crippen molar-refractivity contribution in [3.63, 3.8) is 0 Å². The fourth-order valence-electron chi connectivity index (χ4n) is 4.65. The zero-order chi connectivity index (χ0) is 22.8. The highest BCUT2D eigenvalue weighted by Gasteiger charge is 2.42. The molecule has 1 atom stereocenters. The molecule has 0 bridgehead atoms. The minimum Gasteiger partial charge on any atom is -0.494 e. The van der Waals surface area contributed by atoms with Crippen LogP contribution in [-0.4, -0.2) is 24.0 Å². The number of rotatable bonds is 8. The molecule has 5 nitrogen and oxygen atoms in total. The molecule has 2 aromatic carbocycles. The topological polar surface area (TPSA) is 59.8 Å². The van der Waals surface area contributed by atoms with Crippen LogP contribution >= 0.6 is 0 Å². The number of hydrogen-bond acceptors (Lipinski definition) is 4. The van der Waals surface area contributed by atoms with Crippen LogP contribution in [0.1, 0.15) is 78.4 Å². The average molecular weight is 434 g/mol. The fraction of sp³-hybridized carbons (Fsp3) is 0.407. The first-order valence-electron chi connectivity index (χ1n) is 11.6. The Labute approximate surface area is 189 Å². The van der Waals surface area contributed by atoms with Crippen molar-refractivity contribution in [3.05, 3.63) is 74.6 Å². The zero-order valence-electron chi connectivity index (χ0n) is 19.4. The van der Waals surface area contributed by atoms with Gasteiger partial charge in [-0.25, -0.2) is 0 Å². The van der Waals surface area contributed by atoms with Crippen LogP contribution in [0.25, 0.3) is 11.0 Å². The second kappa shape index (κ2) is 9.19. The lowest BCUT2D eigenvalue weighted by Crippen LogP contribution is -2.30. The second-order valence-corrected chi connectivity index (χ2v) is 8.66. The zero-order valence-corrected chi connectivity index (χ0v) is 19.4. The number of benzene rings is 2. The van der Waals surface area contributed by atoms with Gasteiger partial charge in [0.05, 0.1) is 23.6 Å². The Morgan fingerprint density at radius 3 is 2.59 bits per heavy atom. The summed E-state index contributed by atoms with van der Waals surface area (Å²) in [6, 6.07) is 11.1. The summed E-state index contributed by atoms with van der Waals surface area (Å²) in [4.78, 5) is 28.8. The number of amides is 1. The highest BCUT2D eigenvalue weighted by atomic mass is 16.5. The van der Waals surface area contributed by atoms with Gasteiger partial charge in [0, 0.05) is 6.54 Å². The van der Waals surface area contributed by atoms with Gasteiger partial charge in [-0.05, 0) is 61.6 Å². The van der Waals surface area contributed by atoms with Gasteiger partial charge >= 0.3 is 0 Å². The maximum absolute atomic E-state index is 13.7. The van der Waals surface area contributed by atoms with Crippen molar-refractivity contribution < 1.29 is 13.9 Å². The lowest BCUT2D eigenvalue weighted by molar-refractivity contribution is 0.0728. The van der Waals surface area contributed by atoms with Gasteiger partial charge in [0.15, 0.2) is 5.43 Å². The summed E-state index contributed by atoms with van der Waals surface area (Å²) in [5, 5.41) is 0.553. The van der Waals surface area contributed by atoms with Gasteiger partial charge in [0.2, 0.25) is 5.76 Å². The summed E-state index contributed by atoms with van der Waals surface area (Å²) in [5.74, 6) is 0.701. The molecule has 1 aromatic heterocycles. The molecule has 1 amide bonds. The minimum absolute atomic E-state index is 0.120. The average Bonchev–Trinajstić information content (AvgIpc) is 3.03. The van der Waals surface area contributed by atoms with Crippen molar-refractivity contribution in [1.29, 1.82) is 0 Å². The molecule has 4 rings (SSSR count). The monoisotopic (exact) mass is 433 g/mol. The Hall–Kier alpha value is -3.08. The molecule has 0 spiro atoms. The normalized spacial score (nSPS) is 15.4. The Bertz CT molecular complexity index is 1210. The van der Waals surface area contributed by atoms with E-state index in [2.05, 4.69) is 6.92 Å². The quantitative estimate of drug-likeness (QED) is 0.413. The number of hydrogen-bond donors (Lipinski definition) is 0. The number of fused-ring (bicyclic) bond motifs is 2. The van der Waals surface area contributed by atoms with Gasteiger partial charge in [-0.1, -0.05) is 44.9 Å². The number of nitrogens with zero attached hydrogens (tertiary/aromatic N) is 1. The minimum atomic E-state index is -0.474. The summed E-state index contributed by atoms with van der Waals surface area (Å²) >= 11 is 0. The molecular formula is C27H31NO4. The highest BCUT2D eigenvalue weighted by molar-refractivity contribution is 5.99. The number of aryl methyl sites for hydroxylation is 2. The largest absolute Gasteiger partial charge is 0.494 e. The van der Waals surface area contributed by atoms with Gasteiger partial charge < -0.3 is 14.1 Å². The van der Waals surface area contributed by atoms with Crippen molar-refractivity contribution in [2.45, 2.75) is 59.4 Å². The third kappa shape index (κ3) is 3.92. The standard InChI is InChI=1S/C27H31NO4/c1-5-7-8-13-31-20-11-9-10-19(16-20)24-23-25(29)22-18(4)14-17(3)15-21(22)32-26(23)27(30)28(24)12-6-2/h9-11,14-16,24H,5-8,12-13H2,1-4H3. The van der Waals surface area contributed by atoms with E-state index in [0.717, 1.165) is 48.1 Å². The van der Waals surface area contributed by atoms with Gasteiger partial charge in [0.1, 0.15) is 11.3 Å². The molecule has 168 valence electrons. The number of carbonyl (C=O) groups excluding carboxylic acids is 1. The van der Waals surface area contributed by atoms with E-state index in [1.807, 2.05) is 57.2 Å². The summed E-state index contributed by atoms with van der Waals surface area (Å²) in [6.45, 7) is 9.26. The second-order valence-electron chi connectivity index (χ2n) is 8.66. The number of unbranched alkanes of at least 4 members (excludes halogenated alkanes) is 2. The molecule has 1 unspecified atom stereocenters. The van der Waals surface area contributed by atoms with Gasteiger partial charge in [-0.3, -0.25) is 9.59 Å². The van der Waals surface area contributed by atoms with E-state index in [0.29, 0.717) is 29.7 Å². The molecule has 5 heteroatoms. The number of carbonyl (C=O) groups is 1. The van der Waals surface area contributed by atoms with E-state index < -0.39 is 6.04 Å². The summed E-state index contributed by atoms with van der Waals surface area (Å²) in [6.07, 6.45) is 4.05. The van der Waals surface area contributed by atoms with Crippen LogP contribution in [-0.2, 0) is 0 Å². The van der Waals surface area contributed by atoms with Crippen molar-refractivity contribution in [2.75, 3.05) is 13.2 Å². The summed E-state index contributed by atoms with van der Waals surface area (Å²) in [7, 11) is 0. The van der Waals surface area contributed by atoms with E-state index >= 15 is 0 Å². The molecular weight excluding hydrogens is 402 g/mol. The maximum atomic E-state index is 13.7. The van der Waals surface area contributed by atoms with Crippen LogP contribution in [0.4, 0.5) is 0 Å². The first-order valence-corrected chi connectivity index (χ1v) is 11.6. The SMILES string of the molecule is CCCCCOc1cccc(C2c3c(oc4cc(C)cc(C)c4c3=O)C(=O)N2CCC)c1. The predicted molar refractivity (Wildman–Crippen MR) is 127 cm³/mol. The molecule has 0 N–H and O–H groups in total. The Morgan fingerprint density at radius 1 is 1.03 bits per heavy atom.